The summed E-state index contributed by atoms with van der Waals surface area (Å²) in [4.78, 5) is 2.56. The molecule has 3 nitrogen and oxygen atoms in total. The number of hydrogen-bond acceptors (Lipinski definition) is 3. The van der Waals surface area contributed by atoms with E-state index in [1.807, 2.05) is 7.05 Å². The van der Waals surface area contributed by atoms with Crippen molar-refractivity contribution in [2.24, 2.45) is 5.41 Å². The molecule has 2 N–H and O–H groups in total. The highest BCUT2D eigenvalue weighted by atomic mass is 16.3. The molecular weight excluding hydrogens is 200 g/mol. The van der Waals surface area contributed by atoms with Crippen molar-refractivity contribution in [3.63, 3.8) is 0 Å². The first-order chi connectivity index (χ1) is 7.69. The second-order valence-corrected chi connectivity index (χ2v) is 5.19. The van der Waals surface area contributed by atoms with Crippen molar-refractivity contribution in [2.75, 3.05) is 33.3 Å². The second kappa shape index (κ2) is 6.58. The van der Waals surface area contributed by atoms with Gasteiger partial charge in [0.1, 0.15) is 0 Å². The van der Waals surface area contributed by atoms with E-state index in [0.717, 1.165) is 13.0 Å². The lowest BCUT2D eigenvalue weighted by molar-refractivity contribution is 0.207. The van der Waals surface area contributed by atoms with Crippen molar-refractivity contribution in [1.29, 1.82) is 0 Å². The second-order valence-electron chi connectivity index (χ2n) is 5.19. The van der Waals surface area contributed by atoms with Crippen LogP contribution in [0, 0.1) is 5.41 Å². The molecule has 96 valence electrons. The molecule has 0 bridgehead atoms. The SMILES string of the molecule is CCC1(CC)CCN(CC(CCO)NC)C1. The smallest absolute Gasteiger partial charge is 0.0446 e. The molecule has 0 radical (unpaired) electrons. The number of aliphatic hydroxyl groups is 1. The van der Waals surface area contributed by atoms with Gasteiger partial charge in [-0.15, -0.1) is 0 Å². The van der Waals surface area contributed by atoms with E-state index in [1.54, 1.807) is 0 Å². The zero-order chi connectivity index (χ0) is 12.0. The zero-order valence-corrected chi connectivity index (χ0v) is 11.1. The summed E-state index contributed by atoms with van der Waals surface area (Å²) in [6, 6.07) is 0.439. The largest absolute Gasteiger partial charge is 0.396 e. The molecule has 1 atom stereocenters. The van der Waals surface area contributed by atoms with E-state index in [4.69, 9.17) is 5.11 Å². The van der Waals surface area contributed by atoms with E-state index < -0.39 is 0 Å². The van der Waals surface area contributed by atoms with Crippen LogP contribution in [0.5, 0.6) is 0 Å². The normalized spacial score (nSPS) is 22.5. The maximum absolute atomic E-state index is 8.98. The fourth-order valence-corrected chi connectivity index (χ4v) is 2.81. The summed E-state index contributed by atoms with van der Waals surface area (Å²) >= 11 is 0. The first kappa shape index (κ1) is 13.9. The number of nitrogens with one attached hydrogen (secondary N) is 1. The molecule has 1 fully saturated rings. The van der Waals surface area contributed by atoms with Crippen molar-refractivity contribution >= 4 is 0 Å². The summed E-state index contributed by atoms with van der Waals surface area (Å²) in [5.74, 6) is 0. The molecule has 0 aliphatic carbocycles. The molecule has 1 saturated heterocycles. The van der Waals surface area contributed by atoms with Crippen molar-refractivity contribution in [3.8, 4) is 0 Å². The Labute approximate surface area is 100 Å². The summed E-state index contributed by atoms with van der Waals surface area (Å²) in [5.41, 5.74) is 0.567. The lowest BCUT2D eigenvalue weighted by atomic mass is 9.82. The van der Waals surface area contributed by atoms with Gasteiger partial charge in [-0.3, -0.25) is 0 Å². The number of nitrogens with zero attached hydrogens (tertiary/aromatic N) is 1. The van der Waals surface area contributed by atoms with E-state index in [1.165, 1.54) is 32.4 Å². The van der Waals surface area contributed by atoms with Gasteiger partial charge in [-0.2, -0.15) is 0 Å². The van der Waals surface area contributed by atoms with E-state index in [9.17, 15) is 0 Å². The van der Waals surface area contributed by atoms with Crippen LogP contribution in [0.3, 0.4) is 0 Å². The molecule has 0 amide bonds. The Balaban J connectivity index is 2.40. The maximum atomic E-state index is 8.98. The van der Waals surface area contributed by atoms with Crippen molar-refractivity contribution in [2.45, 2.75) is 45.6 Å². The molecule has 1 aliphatic heterocycles. The average Bonchev–Trinajstić information content (AvgIpc) is 2.73. The van der Waals surface area contributed by atoms with E-state index in [-0.39, 0.29) is 6.61 Å². The standard InChI is InChI=1S/C13H28N2O/c1-4-13(5-2)7-8-15(11-13)10-12(14-3)6-9-16/h12,14,16H,4-11H2,1-3H3. The van der Waals surface area contributed by atoms with Crippen LogP contribution in [0.4, 0.5) is 0 Å². The first-order valence-corrected chi connectivity index (χ1v) is 6.70. The molecule has 0 spiro atoms. The van der Waals surface area contributed by atoms with Crippen LogP contribution in [0.1, 0.15) is 39.5 Å². The highest BCUT2D eigenvalue weighted by molar-refractivity contribution is 4.89. The van der Waals surface area contributed by atoms with Gasteiger partial charge in [-0.25, -0.2) is 0 Å². The monoisotopic (exact) mass is 228 g/mol. The summed E-state index contributed by atoms with van der Waals surface area (Å²) in [5, 5.41) is 12.3. The zero-order valence-electron chi connectivity index (χ0n) is 11.1. The lowest BCUT2D eigenvalue weighted by Crippen LogP contribution is -2.40. The third-order valence-corrected chi connectivity index (χ3v) is 4.38. The Morgan fingerprint density at radius 2 is 2.06 bits per heavy atom. The van der Waals surface area contributed by atoms with Crippen LogP contribution in [0.2, 0.25) is 0 Å². The average molecular weight is 228 g/mol. The third kappa shape index (κ3) is 3.44. The molecule has 0 saturated carbocycles. The molecular formula is C13H28N2O. The minimum Gasteiger partial charge on any atom is -0.396 e. The number of hydrogen-bond donors (Lipinski definition) is 2. The highest BCUT2D eigenvalue weighted by Crippen LogP contribution is 2.36. The number of likely N-dealkylation sites (tertiary alicyclic amines) is 1. The van der Waals surface area contributed by atoms with Crippen LogP contribution in [0.25, 0.3) is 0 Å². The molecule has 1 aliphatic rings. The quantitative estimate of drug-likeness (QED) is 0.692. The molecule has 1 rings (SSSR count). The van der Waals surface area contributed by atoms with Gasteiger partial charge in [0.25, 0.3) is 0 Å². The van der Waals surface area contributed by atoms with Gasteiger partial charge >= 0.3 is 0 Å². The van der Waals surface area contributed by atoms with Gasteiger partial charge in [0.05, 0.1) is 0 Å². The number of likely N-dealkylation sites (N-methyl/N-ethyl adjacent to an activating group) is 1. The van der Waals surface area contributed by atoms with Gasteiger partial charge in [0.15, 0.2) is 0 Å². The Morgan fingerprint density at radius 1 is 1.38 bits per heavy atom. The molecule has 3 heteroatoms. The van der Waals surface area contributed by atoms with Gasteiger partial charge in [0, 0.05) is 25.7 Å². The predicted octanol–water partition coefficient (Wildman–Crippen LogP) is 1.47. The molecule has 0 aromatic rings. The minimum absolute atomic E-state index is 0.284. The number of aliphatic hydroxyl groups excluding tert-OH is 1. The summed E-state index contributed by atoms with van der Waals surface area (Å²) in [6.45, 7) is 8.46. The summed E-state index contributed by atoms with van der Waals surface area (Å²) in [6.07, 6.45) is 4.79. The fraction of sp³-hybridized carbons (Fsp3) is 1.00. The van der Waals surface area contributed by atoms with Crippen molar-refractivity contribution < 1.29 is 5.11 Å². The Morgan fingerprint density at radius 3 is 2.50 bits per heavy atom. The summed E-state index contributed by atoms with van der Waals surface area (Å²) in [7, 11) is 1.99. The van der Waals surface area contributed by atoms with Gasteiger partial charge in [0.2, 0.25) is 0 Å². The highest BCUT2D eigenvalue weighted by Gasteiger charge is 2.35. The molecule has 0 aromatic carbocycles. The maximum Gasteiger partial charge on any atom is 0.0446 e. The molecule has 16 heavy (non-hydrogen) atoms. The predicted molar refractivity (Wildman–Crippen MR) is 68.6 cm³/mol. The van der Waals surface area contributed by atoms with Gasteiger partial charge in [-0.1, -0.05) is 13.8 Å². The molecule has 1 unspecified atom stereocenters. The Bertz CT molecular complexity index is 192. The third-order valence-electron chi connectivity index (χ3n) is 4.38. The lowest BCUT2D eigenvalue weighted by Gasteiger charge is -2.28. The van der Waals surface area contributed by atoms with Crippen LogP contribution >= 0.6 is 0 Å². The van der Waals surface area contributed by atoms with E-state index >= 15 is 0 Å². The van der Waals surface area contributed by atoms with Crippen molar-refractivity contribution in [1.82, 2.24) is 10.2 Å². The Kier molecular flexibility index (Phi) is 5.73. The van der Waals surface area contributed by atoms with Crippen LogP contribution < -0.4 is 5.32 Å². The molecule has 0 aromatic heterocycles. The number of rotatable bonds is 7. The topological polar surface area (TPSA) is 35.5 Å². The van der Waals surface area contributed by atoms with Crippen molar-refractivity contribution in [3.05, 3.63) is 0 Å². The van der Waals surface area contributed by atoms with Crippen LogP contribution in [0.15, 0.2) is 0 Å². The van der Waals surface area contributed by atoms with Crippen LogP contribution in [-0.4, -0.2) is 49.3 Å². The fourth-order valence-electron chi connectivity index (χ4n) is 2.81. The first-order valence-electron chi connectivity index (χ1n) is 6.70. The van der Waals surface area contributed by atoms with Gasteiger partial charge < -0.3 is 15.3 Å². The van der Waals surface area contributed by atoms with E-state index in [0.29, 0.717) is 11.5 Å². The van der Waals surface area contributed by atoms with E-state index in [2.05, 4.69) is 24.1 Å². The molecule has 1 heterocycles. The summed E-state index contributed by atoms with van der Waals surface area (Å²) < 4.78 is 0. The Hall–Kier alpha value is -0.120. The minimum atomic E-state index is 0.284. The van der Waals surface area contributed by atoms with Crippen LogP contribution in [-0.2, 0) is 0 Å². The van der Waals surface area contributed by atoms with Gasteiger partial charge in [-0.05, 0) is 44.7 Å².